The Morgan fingerprint density at radius 2 is 1.65 bits per heavy atom. The third kappa shape index (κ3) is 3.84. The summed E-state index contributed by atoms with van der Waals surface area (Å²) in [6.45, 7) is 3.50. The van der Waals surface area contributed by atoms with Crippen LogP contribution < -0.4 is 15.0 Å². The van der Waals surface area contributed by atoms with Crippen LogP contribution in [0.3, 0.4) is 0 Å². The Bertz CT molecular complexity index is 1560. The second kappa shape index (κ2) is 8.72. The number of rotatable bonds is 5. The molecule has 3 N–H and O–H groups in total. The number of nitriles is 1. The van der Waals surface area contributed by atoms with E-state index in [2.05, 4.69) is 38.2 Å². The second-order valence-electron chi connectivity index (χ2n) is 8.31. The lowest BCUT2D eigenvalue weighted by molar-refractivity contribution is -0.465. The van der Waals surface area contributed by atoms with E-state index in [1.165, 1.54) is 12.5 Å². The first-order chi connectivity index (χ1) is 16.5. The number of carbonyl (C=O) groups excluding carboxylic acids is 1. The van der Waals surface area contributed by atoms with E-state index in [1.807, 2.05) is 73.7 Å². The first-order valence-electron chi connectivity index (χ1n) is 11.1. The maximum Gasteiger partial charge on any atom is 0.250 e. The van der Waals surface area contributed by atoms with Crippen LogP contribution in [0.5, 0.6) is 0 Å². The van der Waals surface area contributed by atoms with Gasteiger partial charge in [0.25, 0.3) is 0 Å². The van der Waals surface area contributed by atoms with Crippen molar-refractivity contribution in [1.29, 1.82) is 5.26 Å². The van der Waals surface area contributed by atoms with Gasteiger partial charge in [-0.3, -0.25) is 15.1 Å². The highest BCUT2D eigenvalue weighted by molar-refractivity contribution is 5.89. The summed E-state index contributed by atoms with van der Waals surface area (Å²) in [5.74, 6) is 0.796. The number of imidazole rings is 1. The van der Waals surface area contributed by atoms with Gasteiger partial charge in [0.2, 0.25) is 17.4 Å². The molecule has 0 bridgehead atoms. The number of nitrogens with one attached hydrogen (secondary N) is 3. The molecule has 34 heavy (non-hydrogen) atoms. The molecule has 0 aliphatic carbocycles. The molecule has 0 radical (unpaired) electrons. The molecular formula is C28H24N5O+. The number of para-hydroxylation sites is 2. The summed E-state index contributed by atoms with van der Waals surface area (Å²) in [6, 6.07) is 28.3. The zero-order valence-corrected chi connectivity index (χ0v) is 19.0. The first kappa shape index (κ1) is 21.2. The SMILES string of the molecule is CC(=O)Nc1ccc(Nc2c(Cc3ccccc3)c(C)c(C#N)c3[nH]c4ccccc4[n+]23)cc1. The molecule has 0 fully saturated rings. The predicted octanol–water partition coefficient (Wildman–Crippen LogP) is 5.38. The number of aromatic nitrogens is 2. The monoisotopic (exact) mass is 446 g/mol. The molecule has 5 aromatic rings. The van der Waals surface area contributed by atoms with Crippen LogP contribution in [0.2, 0.25) is 0 Å². The standard InChI is InChI=1S/C28H23N5O/c1-18-23(16-20-8-4-3-5-9-20)27(31-22-14-12-21(13-15-22)30-19(2)34)33-26-11-7-6-10-25(26)32-28(33)24(18)17-29/h3-15H,16H2,1-2H3,(H2,30,31,32,34)/p+1. The van der Waals surface area contributed by atoms with Crippen LogP contribution in [-0.4, -0.2) is 10.9 Å². The van der Waals surface area contributed by atoms with E-state index in [4.69, 9.17) is 0 Å². The van der Waals surface area contributed by atoms with Crippen molar-refractivity contribution in [3.63, 3.8) is 0 Å². The quantitative estimate of drug-likeness (QED) is 0.317. The molecule has 0 unspecified atom stereocenters. The van der Waals surface area contributed by atoms with E-state index in [9.17, 15) is 10.1 Å². The summed E-state index contributed by atoms with van der Waals surface area (Å²) >= 11 is 0. The van der Waals surface area contributed by atoms with Crippen LogP contribution in [0.25, 0.3) is 16.7 Å². The van der Waals surface area contributed by atoms with E-state index in [1.54, 1.807) is 0 Å². The Balaban J connectivity index is 1.74. The first-order valence-corrected chi connectivity index (χ1v) is 11.1. The molecule has 5 rings (SSSR count). The number of anilines is 3. The highest BCUT2D eigenvalue weighted by Crippen LogP contribution is 2.29. The minimum absolute atomic E-state index is 0.107. The van der Waals surface area contributed by atoms with Crippen molar-refractivity contribution in [2.75, 3.05) is 10.6 Å². The maximum atomic E-state index is 11.4. The molecule has 2 aromatic heterocycles. The molecule has 0 aliphatic rings. The molecule has 6 nitrogen and oxygen atoms in total. The van der Waals surface area contributed by atoms with Crippen molar-refractivity contribution in [1.82, 2.24) is 4.98 Å². The van der Waals surface area contributed by atoms with Gasteiger partial charge in [-0.15, -0.1) is 0 Å². The van der Waals surface area contributed by atoms with Gasteiger partial charge < -0.3 is 5.32 Å². The van der Waals surface area contributed by atoms with Gasteiger partial charge >= 0.3 is 0 Å². The molecule has 0 aliphatic heterocycles. The van der Waals surface area contributed by atoms with E-state index >= 15 is 0 Å². The third-order valence-corrected chi connectivity index (χ3v) is 6.00. The smallest absolute Gasteiger partial charge is 0.250 e. The lowest BCUT2D eigenvalue weighted by Crippen LogP contribution is -2.28. The molecule has 1 amide bonds. The van der Waals surface area contributed by atoms with Gasteiger partial charge in [-0.2, -0.15) is 9.66 Å². The van der Waals surface area contributed by atoms with Crippen LogP contribution in [0.15, 0.2) is 78.9 Å². The highest BCUT2D eigenvalue weighted by Gasteiger charge is 2.26. The number of amides is 1. The van der Waals surface area contributed by atoms with Crippen molar-refractivity contribution in [2.45, 2.75) is 20.3 Å². The minimum atomic E-state index is -0.107. The van der Waals surface area contributed by atoms with Crippen molar-refractivity contribution >= 4 is 39.8 Å². The summed E-state index contributed by atoms with van der Waals surface area (Å²) < 4.78 is 2.10. The van der Waals surface area contributed by atoms with Gasteiger partial charge in [-0.05, 0) is 54.4 Å². The van der Waals surface area contributed by atoms with Crippen LogP contribution in [0.1, 0.15) is 29.2 Å². The Kier molecular flexibility index (Phi) is 5.44. The Hall–Kier alpha value is -4.63. The number of fused-ring (bicyclic) bond motifs is 3. The molecule has 0 atom stereocenters. The predicted molar refractivity (Wildman–Crippen MR) is 134 cm³/mol. The van der Waals surface area contributed by atoms with Gasteiger partial charge in [0.1, 0.15) is 22.7 Å². The number of carbonyl (C=O) groups is 1. The Morgan fingerprint density at radius 1 is 0.971 bits per heavy atom. The summed E-state index contributed by atoms with van der Waals surface area (Å²) in [6.07, 6.45) is 0.677. The fraction of sp³-hybridized carbons (Fsp3) is 0.107. The van der Waals surface area contributed by atoms with Crippen molar-refractivity contribution in [2.24, 2.45) is 0 Å². The highest BCUT2D eigenvalue weighted by atomic mass is 16.1. The van der Waals surface area contributed by atoms with E-state index < -0.39 is 0 Å². The second-order valence-corrected chi connectivity index (χ2v) is 8.31. The zero-order valence-electron chi connectivity index (χ0n) is 19.0. The number of hydrogen-bond acceptors (Lipinski definition) is 3. The van der Waals surface area contributed by atoms with Gasteiger partial charge in [-0.25, -0.2) is 0 Å². The van der Waals surface area contributed by atoms with Crippen LogP contribution in [-0.2, 0) is 11.2 Å². The topological polar surface area (TPSA) is 84.8 Å². The van der Waals surface area contributed by atoms with Gasteiger partial charge in [-0.1, -0.05) is 42.5 Å². The number of aromatic amines is 1. The molecule has 166 valence electrons. The average Bonchev–Trinajstić information content (AvgIpc) is 3.22. The summed E-state index contributed by atoms with van der Waals surface area (Å²) in [5.41, 5.74) is 8.11. The normalized spacial score (nSPS) is 10.9. The third-order valence-electron chi connectivity index (χ3n) is 6.00. The number of benzene rings is 3. The molecule has 2 heterocycles. The van der Waals surface area contributed by atoms with E-state index in [0.29, 0.717) is 12.0 Å². The molecule has 6 heteroatoms. The fourth-order valence-corrected chi connectivity index (χ4v) is 4.39. The van der Waals surface area contributed by atoms with Crippen LogP contribution >= 0.6 is 0 Å². The molecule has 0 spiro atoms. The van der Waals surface area contributed by atoms with E-state index in [-0.39, 0.29) is 5.91 Å². The zero-order chi connectivity index (χ0) is 23.7. The summed E-state index contributed by atoms with van der Waals surface area (Å²) in [4.78, 5) is 14.8. The van der Waals surface area contributed by atoms with E-state index in [0.717, 1.165) is 45.0 Å². The van der Waals surface area contributed by atoms with Gasteiger partial charge in [0, 0.05) is 24.6 Å². The lowest BCUT2D eigenvalue weighted by Gasteiger charge is -2.14. The molecular weight excluding hydrogens is 422 g/mol. The number of hydrogen-bond donors (Lipinski definition) is 3. The number of H-pyrrole nitrogens is 1. The van der Waals surface area contributed by atoms with Crippen LogP contribution in [0.4, 0.5) is 17.2 Å². The number of nitrogens with zero attached hydrogens (tertiary/aromatic N) is 2. The summed E-state index contributed by atoms with van der Waals surface area (Å²) in [5, 5.41) is 16.5. The largest absolute Gasteiger partial charge is 0.326 e. The van der Waals surface area contributed by atoms with Crippen molar-refractivity contribution < 1.29 is 9.20 Å². The fourth-order valence-electron chi connectivity index (χ4n) is 4.39. The van der Waals surface area contributed by atoms with Crippen LogP contribution in [0, 0.1) is 18.3 Å². The maximum absolute atomic E-state index is 11.4. The molecule has 0 saturated carbocycles. The van der Waals surface area contributed by atoms with Gasteiger partial charge in [0.05, 0.1) is 5.69 Å². The Labute approximate surface area is 197 Å². The number of pyridine rings is 1. The van der Waals surface area contributed by atoms with Gasteiger partial charge in [0.15, 0.2) is 0 Å². The Morgan fingerprint density at radius 3 is 2.35 bits per heavy atom. The minimum Gasteiger partial charge on any atom is -0.326 e. The molecule has 3 aromatic carbocycles. The average molecular weight is 447 g/mol. The van der Waals surface area contributed by atoms with Crippen molar-refractivity contribution in [3.05, 3.63) is 101 Å². The molecule has 0 saturated heterocycles. The lowest BCUT2D eigenvalue weighted by atomic mass is 9.97. The summed E-state index contributed by atoms with van der Waals surface area (Å²) in [7, 11) is 0. The van der Waals surface area contributed by atoms with Crippen molar-refractivity contribution in [3.8, 4) is 6.07 Å².